The van der Waals surface area contributed by atoms with Gasteiger partial charge in [-0.25, -0.2) is 0 Å². The van der Waals surface area contributed by atoms with Crippen LogP contribution in [-0.2, 0) is 10.8 Å². The summed E-state index contributed by atoms with van der Waals surface area (Å²) in [6.45, 7) is 2.11. The minimum Gasteiger partial charge on any atom is -0.327 e. The molecule has 0 saturated heterocycles. The number of rotatable bonds is 3. The van der Waals surface area contributed by atoms with Gasteiger partial charge in [-0.05, 0) is 19.3 Å². The Hall–Kier alpha value is 0.110. The monoisotopic (exact) mass is 273 g/mol. The van der Waals surface area contributed by atoms with E-state index in [4.69, 9.17) is 5.73 Å². The molecule has 0 aromatic carbocycles. The van der Waals surface area contributed by atoms with Gasteiger partial charge in [-0.15, -0.1) is 0 Å². The second-order valence-electron chi connectivity index (χ2n) is 5.69. The summed E-state index contributed by atoms with van der Waals surface area (Å²) in [6, 6.07) is 0.164. The van der Waals surface area contributed by atoms with Crippen molar-refractivity contribution in [3.63, 3.8) is 0 Å². The van der Waals surface area contributed by atoms with Crippen molar-refractivity contribution in [1.29, 1.82) is 0 Å². The lowest BCUT2D eigenvalue weighted by atomic mass is 9.98. The summed E-state index contributed by atoms with van der Waals surface area (Å²) in [5.41, 5.74) is 6.30. The van der Waals surface area contributed by atoms with Gasteiger partial charge in [0.2, 0.25) is 0 Å². The van der Waals surface area contributed by atoms with Gasteiger partial charge in [0.15, 0.2) is 0 Å². The van der Waals surface area contributed by atoms with Gasteiger partial charge in [-0.3, -0.25) is 4.21 Å². The zero-order valence-electron chi connectivity index (χ0n) is 12.0. The molecule has 0 radical (unpaired) electrons. The Morgan fingerprint density at radius 3 is 2.00 bits per heavy atom. The van der Waals surface area contributed by atoms with Crippen molar-refractivity contribution >= 4 is 10.8 Å². The lowest BCUT2D eigenvalue weighted by molar-refractivity contribution is 0.467. The Morgan fingerprint density at radius 2 is 1.44 bits per heavy atom. The fourth-order valence-corrected chi connectivity index (χ4v) is 4.53. The fraction of sp³-hybridized carbons (Fsp3) is 1.00. The maximum absolute atomic E-state index is 12.3. The molecule has 18 heavy (non-hydrogen) atoms. The van der Waals surface area contributed by atoms with Crippen molar-refractivity contribution in [2.45, 2.75) is 88.8 Å². The van der Waals surface area contributed by atoms with Crippen molar-refractivity contribution in [2.24, 2.45) is 5.73 Å². The van der Waals surface area contributed by atoms with Crippen LogP contribution in [-0.4, -0.2) is 21.3 Å². The van der Waals surface area contributed by atoms with Crippen molar-refractivity contribution in [2.75, 3.05) is 5.75 Å². The second-order valence-corrected chi connectivity index (χ2v) is 7.47. The van der Waals surface area contributed by atoms with Crippen LogP contribution in [0.15, 0.2) is 0 Å². The van der Waals surface area contributed by atoms with Crippen molar-refractivity contribution in [3.05, 3.63) is 0 Å². The van der Waals surface area contributed by atoms with Crippen LogP contribution >= 0.6 is 0 Å². The molecule has 1 saturated carbocycles. The molecule has 0 aromatic heterocycles. The van der Waals surface area contributed by atoms with Gasteiger partial charge in [0.1, 0.15) is 0 Å². The summed E-state index contributed by atoms with van der Waals surface area (Å²) >= 11 is 0. The van der Waals surface area contributed by atoms with Crippen LogP contribution in [0.2, 0.25) is 0 Å². The molecular weight excluding hydrogens is 242 g/mol. The SMILES string of the molecule is CCCS(=O)C1CCCCCCCCCCC1N. The summed E-state index contributed by atoms with van der Waals surface area (Å²) in [6.07, 6.45) is 13.7. The molecule has 0 spiro atoms. The topological polar surface area (TPSA) is 43.1 Å². The molecule has 3 atom stereocenters. The van der Waals surface area contributed by atoms with Gasteiger partial charge in [0.25, 0.3) is 0 Å². The van der Waals surface area contributed by atoms with E-state index in [9.17, 15) is 4.21 Å². The average molecular weight is 273 g/mol. The number of nitrogens with two attached hydrogens (primary N) is 1. The van der Waals surface area contributed by atoms with E-state index in [1.54, 1.807) is 0 Å². The lowest BCUT2D eigenvalue weighted by Crippen LogP contribution is -2.38. The Bertz CT molecular complexity index is 233. The van der Waals surface area contributed by atoms with Crippen molar-refractivity contribution in [3.8, 4) is 0 Å². The summed E-state index contributed by atoms with van der Waals surface area (Å²) < 4.78 is 12.3. The van der Waals surface area contributed by atoms with Crippen LogP contribution < -0.4 is 5.73 Å². The first-order chi connectivity index (χ1) is 8.75. The maximum atomic E-state index is 12.3. The quantitative estimate of drug-likeness (QED) is 0.851. The van der Waals surface area contributed by atoms with Gasteiger partial charge < -0.3 is 5.73 Å². The largest absolute Gasteiger partial charge is 0.327 e. The van der Waals surface area contributed by atoms with Gasteiger partial charge in [0, 0.05) is 27.8 Å². The highest BCUT2D eigenvalue weighted by atomic mass is 32.2. The first kappa shape index (κ1) is 16.2. The number of hydrogen-bond acceptors (Lipinski definition) is 2. The molecule has 1 rings (SSSR count). The predicted molar refractivity (Wildman–Crippen MR) is 81.2 cm³/mol. The lowest BCUT2D eigenvalue weighted by Gasteiger charge is -2.24. The van der Waals surface area contributed by atoms with Gasteiger partial charge in [-0.1, -0.05) is 58.3 Å². The van der Waals surface area contributed by atoms with Gasteiger partial charge in [0.05, 0.1) is 0 Å². The van der Waals surface area contributed by atoms with E-state index in [0.29, 0.717) is 0 Å². The first-order valence-corrected chi connectivity index (χ1v) is 9.26. The normalized spacial score (nSPS) is 30.1. The maximum Gasteiger partial charge on any atom is 0.0499 e. The van der Waals surface area contributed by atoms with Crippen LogP contribution in [0, 0.1) is 0 Å². The first-order valence-electron chi connectivity index (χ1n) is 7.88. The van der Waals surface area contributed by atoms with E-state index >= 15 is 0 Å². The van der Waals surface area contributed by atoms with E-state index < -0.39 is 10.8 Å². The third kappa shape index (κ3) is 6.33. The van der Waals surface area contributed by atoms with Crippen molar-refractivity contribution in [1.82, 2.24) is 0 Å². The third-order valence-corrected chi connectivity index (χ3v) is 6.07. The molecule has 108 valence electrons. The minimum atomic E-state index is -0.704. The minimum absolute atomic E-state index is 0.164. The zero-order chi connectivity index (χ0) is 13.2. The Balaban J connectivity index is 2.49. The molecule has 1 aliphatic carbocycles. The molecular formula is C15H31NOS. The second kappa shape index (κ2) is 9.96. The Morgan fingerprint density at radius 1 is 0.944 bits per heavy atom. The molecule has 2 nitrogen and oxygen atoms in total. The van der Waals surface area contributed by atoms with Crippen LogP contribution in [0.5, 0.6) is 0 Å². The molecule has 1 aliphatic rings. The summed E-state index contributed by atoms with van der Waals surface area (Å²) in [5.74, 6) is 0.832. The van der Waals surface area contributed by atoms with Crippen molar-refractivity contribution < 1.29 is 4.21 Å². The van der Waals surface area contributed by atoms with E-state index in [0.717, 1.165) is 25.0 Å². The molecule has 1 fully saturated rings. The van der Waals surface area contributed by atoms with E-state index in [-0.39, 0.29) is 11.3 Å². The van der Waals surface area contributed by atoms with Crippen LogP contribution in [0.25, 0.3) is 0 Å². The van der Waals surface area contributed by atoms with Crippen LogP contribution in [0.3, 0.4) is 0 Å². The fourth-order valence-electron chi connectivity index (χ4n) is 2.87. The number of hydrogen-bond donors (Lipinski definition) is 1. The predicted octanol–water partition coefficient (Wildman–Crippen LogP) is 3.76. The summed E-state index contributed by atoms with van der Waals surface area (Å²) in [4.78, 5) is 0. The summed E-state index contributed by atoms with van der Waals surface area (Å²) in [7, 11) is -0.704. The smallest absolute Gasteiger partial charge is 0.0499 e. The van der Waals surface area contributed by atoms with E-state index in [2.05, 4.69) is 6.92 Å². The molecule has 0 aliphatic heterocycles. The van der Waals surface area contributed by atoms with Crippen LogP contribution in [0.1, 0.15) is 77.6 Å². The standard InChI is InChI=1S/C15H31NOS/c1-2-13-18(17)15-12-10-8-6-4-3-5-7-9-11-14(15)16/h14-15H,2-13,16H2,1H3. The highest BCUT2D eigenvalue weighted by molar-refractivity contribution is 7.85. The van der Waals surface area contributed by atoms with E-state index in [1.165, 1.54) is 51.4 Å². The molecule has 3 unspecified atom stereocenters. The molecule has 3 heteroatoms. The van der Waals surface area contributed by atoms with Gasteiger partial charge >= 0.3 is 0 Å². The Labute approximate surface area is 116 Å². The molecule has 2 N–H and O–H groups in total. The van der Waals surface area contributed by atoms with E-state index in [1.807, 2.05) is 0 Å². The highest BCUT2D eigenvalue weighted by Gasteiger charge is 2.23. The zero-order valence-corrected chi connectivity index (χ0v) is 12.9. The molecule has 0 aromatic rings. The molecule has 0 bridgehead atoms. The molecule has 0 amide bonds. The molecule has 0 heterocycles. The summed E-state index contributed by atoms with van der Waals surface area (Å²) in [5, 5.41) is 0.254. The average Bonchev–Trinajstić information content (AvgIpc) is 2.34. The highest BCUT2D eigenvalue weighted by Crippen LogP contribution is 2.20. The van der Waals surface area contributed by atoms with Crippen LogP contribution in [0.4, 0.5) is 0 Å². The third-order valence-electron chi connectivity index (χ3n) is 4.00. The Kier molecular flexibility index (Phi) is 8.95. The van der Waals surface area contributed by atoms with Gasteiger partial charge in [-0.2, -0.15) is 0 Å².